The number of carboxylic acid groups (broad SMARTS) is 1. The molecular weight excluding hydrogens is 426 g/mol. The van der Waals surface area contributed by atoms with Crippen molar-refractivity contribution in [2.24, 2.45) is 46.3 Å². The van der Waals surface area contributed by atoms with Crippen LogP contribution in [-0.2, 0) is 14.8 Å². The molecule has 10 atom stereocenters. The lowest BCUT2D eigenvalue weighted by Crippen LogP contribution is -2.61. The van der Waals surface area contributed by atoms with E-state index in [2.05, 4.69) is 25.5 Å². The molecular formula is C25H43NO5S. The molecule has 7 heteroatoms. The molecule has 4 aliphatic carbocycles. The van der Waals surface area contributed by atoms with Gasteiger partial charge >= 0.3 is 5.97 Å². The third kappa shape index (κ3) is 3.84. The molecule has 0 aromatic rings. The standard InChI is InChI=1S/C25H43NO5S/c1-15(5-8-22(28)29)18-6-7-19-23-20(10-12-25(18,19)3)24(2)11-9-17(27)13-16(24)14-21(23)32(30,31)26-4/h15-21,23,26-27H,5-14H2,1-4H3,(H,28,29)/t15-,16?,17-,18?,19+,20+,21?,23?,24?,25?/m1/s1. The summed E-state index contributed by atoms with van der Waals surface area (Å²) in [6.07, 6.45) is 8.12. The lowest BCUT2D eigenvalue weighted by atomic mass is 9.44. The predicted octanol–water partition coefficient (Wildman–Crippen LogP) is 4.03. The van der Waals surface area contributed by atoms with Crippen molar-refractivity contribution in [1.29, 1.82) is 0 Å². The van der Waals surface area contributed by atoms with Crippen molar-refractivity contribution in [2.75, 3.05) is 7.05 Å². The average molecular weight is 470 g/mol. The highest BCUT2D eigenvalue weighted by molar-refractivity contribution is 7.90. The van der Waals surface area contributed by atoms with Crippen LogP contribution >= 0.6 is 0 Å². The van der Waals surface area contributed by atoms with Crippen LogP contribution in [0.3, 0.4) is 0 Å². The summed E-state index contributed by atoms with van der Waals surface area (Å²) < 4.78 is 29.3. The molecule has 0 aliphatic heterocycles. The number of aliphatic carboxylic acids is 1. The van der Waals surface area contributed by atoms with Crippen LogP contribution in [0.5, 0.6) is 0 Å². The van der Waals surface area contributed by atoms with E-state index in [-0.39, 0.29) is 35.2 Å². The van der Waals surface area contributed by atoms with Gasteiger partial charge in [-0.15, -0.1) is 0 Å². The average Bonchev–Trinajstić information content (AvgIpc) is 3.09. The van der Waals surface area contributed by atoms with Crippen LogP contribution in [-0.4, -0.2) is 43.0 Å². The van der Waals surface area contributed by atoms with Gasteiger partial charge in [-0.3, -0.25) is 4.79 Å². The van der Waals surface area contributed by atoms with E-state index in [1.807, 2.05) is 0 Å². The molecule has 0 heterocycles. The summed E-state index contributed by atoms with van der Waals surface area (Å²) in [7, 11) is -1.88. The maximum atomic E-state index is 13.3. The summed E-state index contributed by atoms with van der Waals surface area (Å²) in [5.41, 5.74) is 0.190. The second-order valence-corrected chi connectivity index (χ2v) is 14.2. The molecule has 4 aliphatic rings. The van der Waals surface area contributed by atoms with E-state index in [0.717, 1.165) is 44.9 Å². The zero-order valence-corrected chi connectivity index (χ0v) is 21.0. The Morgan fingerprint density at radius 1 is 1.06 bits per heavy atom. The van der Waals surface area contributed by atoms with E-state index in [4.69, 9.17) is 0 Å². The minimum absolute atomic E-state index is 0.0813. The van der Waals surface area contributed by atoms with Gasteiger partial charge in [0.2, 0.25) is 10.0 Å². The Morgan fingerprint density at radius 3 is 2.38 bits per heavy atom. The van der Waals surface area contributed by atoms with Gasteiger partial charge in [-0.1, -0.05) is 20.8 Å². The summed E-state index contributed by atoms with van der Waals surface area (Å²) in [6.45, 7) is 6.97. The first-order valence-corrected chi connectivity index (χ1v) is 14.3. The van der Waals surface area contributed by atoms with Gasteiger partial charge in [0.25, 0.3) is 0 Å². The van der Waals surface area contributed by atoms with Gasteiger partial charge in [-0.25, -0.2) is 13.1 Å². The van der Waals surface area contributed by atoms with Crippen LogP contribution in [0.2, 0.25) is 0 Å². The lowest BCUT2D eigenvalue weighted by Gasteiger charge is -2.63. The third-order valence-electron chi connectivity index (χ3n) is 10.9. The summed E-state index contributed by atoms with van der Waals surface area (Å²) in [5.74, 6) is 1.24. The SMILES string of the molecule is CNS(=O)(=O)C1CC2C[C@H](O)CCC2(C)[C@H]2CCC3(C)C([C@H](C)CCC(=O)O)CC[C@H]3C12. The second kappa shape index (κ2) is 8.53. The Bertz CT molecular complexity index is 830. The monoisotopic (exact) mass is 469 g/mol. The van der Waals surface area contributed by atoms with Crippen LogP contribution in [0.25, 0.3) is 0 Å². The molecule has 4 rings (SSSR count). The predicted molar refractivity (Wildman–Crippen MR) is 124 cm³/mol. The normalized spacial score (nSPS) is 47.2. The second-order valence-electron chi connectivity index (χ2n) is 12.1. The first-order valence-electron chi connectivity index (χ1n) is 12.8. The van der Waals surface area contributed by atoms with E-state index in [9.17, 15) is 23.4 Å². The van der Waals surface area contributed by atoms with Gasteiger partial charge in [0.05, 0.1) is 11.4 Å². The summed E-state index contributed by atoms with van der Waals surface area (Å²) in [6, 6.07) is 0. The Hall–Kier alpha value is -0.660. The topological polar surface area (TPSA) is 104 Å². The third-order valence-corrected chi connectivity index (χ3v) is 12.8. The van der Waals surface area contributed by atoms with Crippen LogP contribution in [0.15, 0.2) is 0 Å². The van der Waals surface area contributed by atoms with Crippen LogP contribution in [0.1, 0.15) is 85.0 Å². The van der Waals surface area contributed by atoms with Gasteiger partial charge in [0, 0.05) is 6.42 Å². The highest BCUT2D eigenvalue weighted by atomic mass is 32.2. The van der Waals surface area contributed by atoms with Crippen molar-refractivity contribution in [1.82, 2.24) is 4.72 Å². The number of hydrogen-bond donors (Lipinski definition) is 3. The van der Waals surface area contributed by atoms with Crippen molar-refractivity contribution < 1.29 is 23.4 Å². The maximum absolute atomic E-state index is 13.3. The highest BCUT2D eigenvalue weighted by Gasteiger charge is 2.64. The molecule has 0 aromatic heterocycles. The van der Waals surface area contributed by atoms with Gasteiger partial charge in [-0.05, 0) is 111 Å². The largest absolute Gasteiger partial charge is 0.481 e. The molecule has 0 saturated heterocycles. The number of hydrogen-bond acceptors (Lipinski definition) is 4. The molecule has 184 valence electrons. The highest BCUT2D eigenvalue weighted by Crippen LogP contribution is 2.69. The molecule has 6 unspecified atom stereocenters. The molecule has 0 aromatic carbocycles. The fourth-order valence-corrected chi connectivity index (χ4v) is 10.8. The van der Waals surface area contributed by atoms with Gasteiger partial charge in [0.15, 0.2) is 0 Å². The molecule has 0 spiro atoms. The molecule has 3 N–H and O–H groups in total. The fraction of sp³-hybridized carbons (Fsp3) is 0.960. The van der Waals surface area contributed by atoms with E-state index in [1.54, 1.807) is 7.05 Å². The van der Waals surface area contributed by atoms with E-state index in [1.165, 1.54) is 0 Å². The number of carbonyl (C=O) groups is 1. The Morgan fingerprint density at radius 2 is 1.72 bits per heavy atom. The van der Waals surface area contributed by atoms with Gasteiger partial charge in [0.1, 0.15) is 0 Å². The zero-order chi connectivity index (χ0) is 23.5. The molecule has 6 nitrogen and oxygen atoms in total. The first kappa shape index (κ1) is 24.5. The summed E-state index contributed by atoms with van der Waals surface area (Å²) >= 11 is 0. The number of nitrogens with one attached hydrogen (secondary N) is 1. The van der Waals surface area contributed by atoms with Crippen molar-refractivity contribution in [3.05, 3.63) is 0 Å². The Balaban J connectivity index is 1.68. The molecule has 0 bridgehead atoms. The number of aliphatic hydroxyl groups is 1. The number of rotatable bonds is 6. The van der Waals surface area contributed by atoms with Crippen molar-refractivity contribution >= 4 is 16.0 Å². The number of fused-ring (bicyclic) bond motifs is 5. The minimum Gasteiger partial charge on any atom is -0.481 e. The quantitative estimate of drug-likeness (QED) is 0.545. The lowest BCUT2D eigenvalue weighted by molar-refractivity contribution is -0.138. The summed E-state index contributed by atoms with van der Waals surface area (Å²) in [5, 5.41) is 19.2. The fourth-order valence-electron chi connectivity index (χ4n) is 9.18. The van der Waals surface area contributed by atoms with Gasteiger partial charge < -0.3 is 10.2 Å². The van der Waals surface area contributed by atoms with Crippen molar-refractivity contribution in [2.45, 2.75) is 96.3 Å². The van der Waals surface area contributed by atoms with E-state index < -0.39 is 21.2 Å². The number of sulfonamides is 1. The number of carboxylic acids is 1. The first-order chi connectivity index (χ1) is 14.9. The molecule has 4 fully saturated rings. The van der Waals surface area contributed by atoms with E-state index in [0.29, 0.717) is 36.5 Å². The zero-order valence-electron chi connectivity index (χ0n) is 20.2. The molecule has 0 radical (unpaired) electrons. The summed E-state index contributed by atoms with van der Waals surface area (Å²) in [4.78, 5) is 11.2. The molecule has 0 amide bonds. The Kier molecular flexibility index (Phi) is 6.52. The van der Waals surface area contributed by atoms with Crippen LogP contribution in [0.4, 0.5) is 0 Å². The van der Waals surface area contributed by atoms with Crippen molar-refractivity contribution in [3.63, 3.8) is 0 Å². The maximum Gasteiger partial charge on any atom is 0.303 e. The van der Waals surface area contributed by atoms with Crippen molar-refractivity contribution in [3.8, 4) is 0 Å². The van der Waals surface area contributed by atoms with Gasteiger partial charge in [-0.2, -0.15) is 0 Å². The molecule has 4 saturated carbocycles. The van der Waals surface area contributed by atoms with Crippen LogP contribution < -0.4 is 4.72 Å². The van der Waals surface area contributed by atoms with E-state index >= 15 is 0 Å². The number of aliphatic hydroxyl groups excluding tert-OH is 1. The molecule has 32 heavy (non-hydrogen) atoms. The Labute approximate surface area is 194 Å². The smallest absolute Gasteiger partial charge is 0.303 e. The van der Waals surface area contributed by atoms with Crippen LogP contribution in [0, 0.1) is 46.3 Å². The minimum atomic E-state index is -3.42.